The number of aromatic nitrogens is 4. The first-order chi connectivity index (χ1) is 12.6. The van der Waals surface area contributed by atoms with Crippen molar-refractivity contribution < 1.29 is 9.53 Å². The van der Waals surface area contributed by atoms with E-state index < -0.39 is 0 Å². The molecule has 1 saturated heterocycles. The second kappa shape index (κ2) is 8.89. The first-order valence-corrected chi connectivity index (χ1v) is 9.33. The zero-order chi connectivity index (χ0) is 18.4. The van der Waals surface area contributed by atoms with Crippen LogP contribution in [0.4, 0.5) is 0 Å². The normalized spacial score (nSPS) is 17.4. The smallest absolute Gasteiger partial charge is 0.222 e. The summed E-state index contributed by atoms with van der Waals surface area (Å²) in [6.07, 6.45) is 10.9. The van der Waals surface area contributed by atoms with Crippen molar-refractivity contribution in [1.29, 1.82) is 0 Å². The van der Waals surface area contributed by atoms with Gasteiger partial charge in [0.1, 0.15) is 11.9 Å². The molecule has 1 aliphatic rings. The van der Waals surface area contributed by atoms with Crippen LogP contribution in [0.1, 0.15) is 68.8 Å². The molecule has 0 aromatic carbocycles. The molecule has 0 bridgehead atoms. The van der Waals surface area contributed by atoms with Crippen LogP contribution in [0.3, 0.4) is 0 Å². The van der Waals surface area contributed by atoms with E-state index >= 15 is 0 Å². The lowest BCUT2D eigenvalue weighted by molar-refractivity contribution is -0.121. The van der Waals surface area contributed by atoms with Gasteiger partial charge < -0.3 is 14.6 Å². The minimum absolute atomic E-state index is 0.00750. The maximum Gasteiger partial charge on any atom is 0.222 e. The lowest BCUT2D eigenvalue weighted by atomic mass is 10.1. The van der Waals surface area contributed by atoms with Crippen molar-refractivity contribution in [2.24, 2.45) is 0 Å². The summed E-state index contributed by atoms with van der Waals surface area (Å²) < 4.78 is 7.73. The Morgan fingerprint density at radius 1 is 1.31 bits per heavy atom. The molecular formula is C19H27N5O2. The van der Waals surface area contributed by atoms with Crippen LogP contribution in [0.15, 0.2) is 24.8 Å². The molecule has 1 fully saturated rings. The van der Waals surface area contributed by atoms with E-state index in [9.17, 15) is 4.79 Å². The van der Waals surface area contributed by atoms with Crippen molar-refractivity contribution in [3.05, 3.63) is 42.0 Å². The van der Waals surface area contributed by atoms with Crippen LogP contribution in [-0.2, 0) is 22.6 Å². The minimum Gasteiger partial charge on any atom is -0.370 e. The second-order valence-corrected chi connectivity index (χ2v) is 6.96. The van der Waals surface area contributed by atoms with Gasteiger partial charge in [0.05, 0.1) is 0 Å². The summed E-state index contributed by atoms with van der Waals surface area (Å²) in [6, 6.07) is 0. The molecular weight excluding hydrogens is 330 g/mol. The summed E-state index contributed by atoms with van der Waals surface area (Å²) in [5.41, 5.74) is 0.892. The quantitative estimate of drug-likeness (QED) is 0.824. The Morgan fingerprint density at radius 2 is 2.12 bits per heavy atom. The van der Waals surface area contributed by atoms with Gasteiger partial charge in [0.2, 0.25) is 5.91 Å². The number of ether oxygens (including phenoxy) is 1. The molecule has 2 aromatic rings. The Labute approximate surface area is 154 Å². The van der Waals surface area contributed by atoms with Crippen molar-refractivity contribution >= 4 is 5.91 Å². The lowest BCUT2D eigenvalue weighted by Crippen LogP contribution is -2.24. The van der Waals surface area contributed by atoms with Crippen LogP contribution >= 0.6 is 0 Å². The van der Waals surface area contributed by atoms with Gasteiger partial charge in [0.15, 0.2) is 5.82 Å². The Bertz CT molecular complexity index is 705. The van der Waals surface area contributed by atoms with Crippen molar-refractivity contribution in [3.8, 4) is 0 Å². The average Bonchev–Trinajstić information content (AvgIpc) is 3.15. The number of hydrogen-bond donors (Lipinski definition) is 1. The Kier molecular flexibility index (Phi) is 6.33. The van der Waals surface area contributed by atoms with Gasteiger partial charge >= 0.3 is 0 Å². The van der Waals surface area contributed by atoms with E-state index in [-0.39, 0.29) is 12.0 Å². The summed E-state index contributed by atoms with van der Waals surface area (Å²) in [4.78, 5) is 25.2. The maximum absolute atomic E-state index is 12.1. The van der Waals surface area contributed by atoms with E-state index in [1.807, 2.05) is 10.8 Å². The number of nitrogens with zero attached hydrogens (tertiary/aromatic N) is 4. The fraction of sp³-hybridized carbons (Fsp3) is 0.579. The number of imidazole rings is 1. The summed E-state index contributed by atoms with van der Waals surface area (Å²) in [6.45, 7) is 6.04. The highest BCUT2D eigenvalue weighted by atomic mass is 16.5. The molecule has 140 valence electrons. The van der Waals surface area contributed by atoms with Gasteiger partial charge in [-0.15, -0.1) is 0 Å². The predicted octanol–water partition coefficient (Wildman–Crippen LogP) is 2.74. The van der Waals surface area contributed by atoms with Gasteiger partial charge in [0.25, 0.3) is 0 Å². The molecule has 1 amide bonds. The standard InChI is InChI=1S/C19H27N5O2/c1-14(2)19-20-7-9-24(19)8-6-17(25)21-11-15-12-22-18(23-13-15)16-5-3-4-10-26-16/h7,9,12-14,16H,3-6,8,10-11H2,1-2H3,(H,21,25)/t16-/m0/s1. The molecule has 0 saturated carbocycles. The maximum atomic E-state index is 12.1. The fourth-order valence-corrected chi connectivity index (χ4v) is 3.09. The molecule has 7 heteroatoms. The first kappa shape index (κ1) is 18.5. The highest BCUT2D eigenvalue weighted by molar-refractivity contribution is 5.75. The third-order valence-electron chi connectivity index (χ3n) is 4.53. The summed E-state index contributed by atoms with van der Waals surface area (Å²) in [5.74, 6) is 2.10. The Morgan fingerprint density at radius 3 is 2.81 bits per heavy atom. The van der Waals surface area contributed by atoms with Crippen LogP contribution < -0.4 is 5.32 Å². The van der Waals surface area contributed by atoms with Crippen molar-refractivity contribution in [1.82, 2.24) is 24.8 Å². The zero-order valence-electron chi connectivity index (χ0n) is 15.5. The van der Waals surface area contributed by atoms with Gasteiger partial charge in [-0.3, -0.25) is 4.79 Å². The lowest BCUT2D eigenvalue weighted by Gasteiger charge is -2.21. The monoisotopic (exact) mass is 357 g/mol. The van der Waals surface area contributed by atoms with Crippen LogP contribution in [0, 0.1) is 0 Å². The van der Waals surface area contributed by atoms with Gasteiger partial charge in [-0.05, 0) is 19.3 Å². The number of carbonyl (C=O) groups is 1. The Balaban J connectivity index is 1.44. The molecule has 2 aromatic heterocycles. The summed E-state index contributed by atoms with van der Waals surface area (Å²) in [5, 5.41) is 2.93. The molecule has 1 N–H and O–H groups in total. The number of rotatable bonds is 7. The van der Waals surface area contributed by atoms with Gasteiger partial charge in [-0.2, -0.15) is 0 Å². The SMILES string of the molecule is CC(C)c1nccn1CCC(=O)NCc1cnc([C@@H]2CCCCO2)nc1. The van der Waals surface area contributed by atoms with E-state index in [0.717, 1.165) is 43.1 Å². The average molecular weight is 357 g/mol. The van der Waals surface area contributed by atoms with Crippen LogP contribution in [-0.4, -0.2) is 32.0 Å². The number of carbonyl (C=O) groups excluding carboxylic acids is 1. The molecule has 0 unspecified atom stereocenters. The molecule has 1 aliphatic heterocycles. The van der Waals surface area contributed by atoms with Crippen LogP contribution in [0.25, 0.3) is 0 Å². The van der Waals surface area contributed by atoms with Gasteiger partial charge in [0, 0.05) is 62.4 Å². The minimum atomic E-state index is 0.00750. The molecule has 0 spiro atoms. The summed E-state index contributed by atoms with van der Waals surface area (Å²) >= 11 is 0. The number of hydrogen-bond acceptors (Lipinski definition) is 5. The fourth-order valence-electron chi connectivity index (χ4n) is 3.09. The summed E-state index contributed by atoms with van der Waals surface area (Å²) in [7, 11) is 0. The van der Waals surface area contributed by atoms with E-state index in [1.165, 1.54) is 0 Å². The molecule has 3 heterocycles. The molecule has 0 aliphatic carbocycles. The Hall–Kier alpha value is -2.28. The number of nitrogens with one attached hydrogen (secondary N) is 1. The van der Waals surface area contributed by atoms with Gasteiger partial charge in [-0.1, -0.05) is 13.8 Å². The van der Waals surface area contributed by atoms with E-state index in [0.29, 0.717) is 25.4 Å². The van der Waals surface area contributed by atoms with Crippen LogP contribution in [0.5, 0.6) is 0 Å². The predicted molar refractivity (Wildman–Crippen MR) is 97.4 cm³/mol. The van der Waals surface area contributed by atoms with Crippen molar-refractivity contribution in [3.63, 3.8) is 0 Å². The highest BCUT2D eigenvalue weighted by Gasteiger charge is 2.18. The van der Waals surface area contributed by atoms with E-state index in [4.69, 9.17) is 4.74 Å². The topological polar surface area (TPSA) is 81.9 Å². The zero-order valence-corrected chi connectivity index (χ0v) is 15.5. The van der Waals surface area contributed by atoms with Crippen molar-refractivity contribution in [2.45, 2.75) is 64.6 Å². The van der Waals surface area contributed by atoms with Crippen LogP contribution in [0.2, 0.25) is 0 Å². The molecule has 1 atom stereocenters. The first-order valence-electron chi connectivity index (χ1n) is 9.33. The molecule has 3 rings (SSSR count). The van der Waals surface area contributed by atoms with E-state index in [2.05, 4.69) is 34.1 Å². The molecule has 7 nitrogen and oxygen atoms in total. The molecule has 26 heavy (non-hydrogen) atoms. The number of aryl methyl sites for hydroxylation is 1. The largest absolute Gasteiger partial charge is 0.370 e. The van der Waals surface area contributed by atoms with Crippen molar-refractivity contribution in [2.75, 3.05) is 6.61 Å². The molecule has 0 radical (unpaired) electrons. The third-order valence-corrected chi connectivity index (χ3v) is 4.53. The number of amides is 1. The van der Waals surface area contributed by atoms with E-state index in [1.54, 1.807) is 18.6 Å². The third kappa shape index (κ3) is 4.88. The second-order valence-electron chi connectivity index (χ2n) is 6.96. The highest BCUT2D eigenvalue weighted by Crippen LogP contribution is 2.24. The van der Waals surface area contributed by atoms with Gasteiger partial charge in [-0.25, -0.2) is 15.0 Å².